The van der Waals surface area contributed by atoms with Gasteiger partial charge in [-0.1, -0.05) is 24.3 Å². The molecule has 0 radical (unpaired) electrons. The zero-order chi connectivity index (χ0) is 28.7. The molecule has 2 aromatic carbocycles. The molecule has 204 valence electrons. The number of nitrogens with zero attached hydrogens (tertiary/aromatic N) is 1. The van der Waals surface area contributed by atoms with Crippen LogP contribution in [-0.4, -0.2) is 56.6 Å². The molecule has 1 amide bonds. The van der Waals surface area contributed by atoms with Crippen molar-refractivity contribution in [1.29, 1.82) is 5.41 Å². The number of carbonyl (C=O) groups is 2. The van der Waals surface area contributed by atoms with Gasteiger partial charge < -0.3 is 25.8 Å². The minimum atomic E-state index is -5.08. The lowest BCUT2D eigenvalue weighted by molar-refractivity contribution is -0.192. The molecule has 1 atom stereocenters. The van der Waals surface area contributed by atoms with Crippen LogP contribution in [0, 0.1) is 5.41 Å². The fraction of sp³-hybridized carbons (Fsp3) is 0.185. The Bertz CT molecular complexity index is 1430. The number of benzene rings is 2. The van der Waals surface area contributed by atoms with Gasteiger partial charge in [0, 0.05) is 35.5 Å². The Balaban J connectivity index is 0.000000532. The fourth-order valence-corrected chi connectivity index (χ4v) is 3.88. The van der Waals surface area contributed by atoms with E-state index in [-0.39, 0.29) is 29.1 Å². The van der Waals surface area contributed by atoms with Crippen molar-refractivity contribution >= 4 is 23.8 Å². The van der Waals surface area contributed by atoms with Crippen molar-refractivity contribution in [2.24, 2.45) is 5.73 Å². The van der Waals surface area contributed by atoms with E-state index in [1.54, 1.807) is 42.6 Å². The first kappa shape index (κ1) is 28.7. The van der Waals surface area contributed by atoms with Gasteiger partial charge in [-0.2, -0.15) is 13.2 Å². The van der Waals surface area contributed by atoms with Gasteiger partial charge in [0.25, 0.3) is 5.91 Å². The molecule has 2 heterocycles. The summed E-state index contributed by atoms with van der Waals surface area (Å²) in [4.78, 5) is 37.7. The lowest BCUT2D eigenvalue weighted by Crippen LogP contribution is -2.34. The normalized spacial score (nSPS) is 15.1. The molecule has 0 saturated carbocycles. The lowest BCUT2D eigenvalue weighted by atomic mass is 10.0. The van der Waals surface area contributed by atoms with Gasteiger partial charge in [0.15, 0.2) is 0 Å². The number of carboxylic acids is 1. The number of aromatic hydroxyl groups is 1. The summed E-state index contributed by atoms with van der Waals surface area (Å²) in [6.45, 7) is 0.662. The topological polar surface area (TPSA) is 161 Å². The zero-order valence-corrected chi connectivity index (χ0v) is 20.4. The van der Waals surface area contributed by atoms with Crippen LogP contribution in [0.2, 0.25) is 0 Å². The van der Waals surface area contributed by atoms with Gasteiger partial charge in [-0.15, -0.1) is 0 Å². The largest absolute Gasteiger partial charge is 0.507 e. The number of aromatic amines is 1. The first-order chi connectivity index (χ1) is 18.4. The molecule has 9 nitrogen and oxygen atoms in total. The number of halogens is 3. The van der Waals surface area contributed by atoms with Gasteiger partial charge in [0.05, 0.1) is 6.04 Å². The van der Waals surface area contributed by atoms with Gasteiger partial charge >= 0.3 is 12.1 Å². The number of rotatable bonds is 5. The number of pyridine rings is 1. The molecule has 0 spiro atoms. The molecule has 1 aromatic heterocycles. The SMILES string of the molecule is N=C(N)c1ccc(O)c(C=C[C@H]2CCCN2C(=O)c2ccc(-c3ccc(=O)[nH]c3)cc2)c1.O=C(O)C(F)(F)F. The Hall–Kier alpha value is -4.87. The molecule has 4 rings (SSSR count). The minimum absolute atomic E-state index is 0.0492. The highest BCUT2D eigenvalue weighted by atomic mass is 19.4. The van der Waals surface area contributed by atoms with E-state index in [4.69, 9.17) is 21.0 Å². The van der Waals surface area contributed by atoms with E-state index in [0.29, 0.717) is 23.2 Å². The summed E-state index contributed by atoms with van der Waals surface area (Å²) in [5.74, 6) is -2.78. The van der Waals surface area contributed by atoms with E-state index >= 15 is 0 Å². The number of hydrogen-bond acceptors (Lipinski definition) is 5. The molecule has 1 saturated heterocycles. The molecule has 1 aliphatic rings. The Morgan fingerprint density at radius 3 is 2.23 bits per heavy atom. The molecule has 39 heavy (non-hydrogen) atoms. The van der Waals surface area contributed by atoms with Crippen molar-refractivity contribution in [3.8, 4) is 16.9 Å². The number of nitrogens with two attached hydrogens (primary N) is 1. The third-order valence-corrected chi connectivity index (χ3v) is 5.89. The van der Waals surface area contributed by atoms with Crippen molar-refractivity contribution in [2.45, 2.75) is 25.1 Å². The van der Waals surface area contributed by atoms with E-state index in [1.807, 2.05) is 23.1 Å². The Kier molecular flexibility index (Phi) is 8.92. The molecule has 12 heteroatoms. The number of phenolic OH excluding ortho intramolecular Hbond substituents is 1. The molecule has 1 aliphatic heterocycles. The number of amidine groups is 1. The van der Waals surface area contributed by atoms with Crippen LogP contribution in [0.4, 0.5) is 13.2 Å². The second kappa shape index (κ2) is 12.1. The monoisotopic (exact) mass is 542 g/mol. The van der Waals surface area contributed by atoms with Crippen LogP contribution < -0.4 is 11.3 Å². The number of nitrogens with one attached hydrogen (secondary N) is 2. The minimum Gasteiger partial charge on any atom is -0.507 e. The average Bonchev–Trinajstić information content (AvgIpc) is 3.36. The van der Waals surface area contributed by atoms with Crippen LogP contribution in [0.5, 0.6) is 5.75 Å². The number of aliphatic carboxylic acids is 1. The van der Waals surface area contributed by atoms with Crippen LogP contribution in [0.15, 0.2) is 71.7 Å². The third-order valence-electron chi connectivity index (χ3n) is 5.89. The first-order valence-electron chi connectivity index (χ1n) is 11.6. The number of likely N-dealkylation sites (tertiary alicyclic amines) is 1. The van der Waals surface area contributed by atoms with Gasteiger partial charge in [-0.05, 0) is 60.4 Å². The Morgan fingerprint density at radius 1 is 1.05 bits per heavy atom. The lowest BCUT2D eigenvalue weighted by Gasteiger charge is -2.22. The van der Waals surface area contributed by atoms with E-state index < -0.39 is 12.1 Å². The van der Waals surface area contributed by atoms with Gasteiger partial charge in [-0.3, -0.25) is 15.0 Å². The molecule has 0 aliphatic carbocycles. The maximum atomic E-state index is 13.1. The quantitative estimate of drug-likeness (QED) is 0.242. The van der Waals surface area contributed by atoms with Crippen molar-refractivity contribution in [3.05, 3.63) is 93.9 Å². The fourth-order valence-electron chi connectivity index (χ4n) is 3.88. The predicted octanol–water partition coefficient (Wildman–Crippen LogP) is 3.98. The van der Waals surface area contributed by atoms with E-state index in [9.17, 15) is 27.9 Å². The van der Waals surface area contributed by atoms with Gasteiger partial charge in [0.2, 0.25) is 5.56 Å². The smallest absolute Gasteiger partial charge is 0.490 e. The second-order valence-electron chi connectivity index (χ2n) is 8.58. The molecule has 0 unspecified atom stereocenters. The number of carbonyl (C=O) groups excluding carboxylic acids is 1. The summed E-state index contributed by atoms with van der Waals surface area (Å²) in [5.41, 5.74) is 8.86. The number of carboxylic acid groups (broad SMARTS) is 1. The molecule has 1 fully saturated rings. The molecule has 3 aromatic rings. The highest BCUT2D eigenvalue weighted by Crippen LogP contribution is 2.26. The van der Waals surface area contributed by atoms with Crippen LogP contribution in [0.3, 0.4) is 0 Å². The number of amides is 1. The van der Waals surface area contributed by atoms with Crippen molar-refractivity contribution in [1.82, 2.24) is 9.88 Å². The summed E-state index contributed by atoms with van der Waals surface area (Å²) >= 11 is 0. The van der Waals surface area contributed by atoms with Crippen LogP contribution >= 0.6 is 0 Å². The number of aromatic nitrogens is 1. The second-order valence-corrected chi connectivity index (χ2v) is 8.58. The summed E-state index contributed by atoms with van der Waals surface area (Å²) < 4.78 is 31.7. The first-order valence-corrected chi connectivity index (χ1v) is 11.6. The Morgan fingerprint density at radius 2 is 1.67 bits per heavy atom. The van der Waals surface area contributed by atoms with Crippen LogP contribution in [-0.2, 0) is 4.79 Å². The summed E-state index contributed by atoms with van der Waals surface area (Å²) in [7, 11) is 0. The number of nitrogen functional groups attached to an aromatic ring is 1. The molecule has 6 N–H and O–H groups in total. The molecular weight excluding hydrogens is 517 g/mol. The van der Waals surface area contributed by atoms with E-state index in [1.165, 1.54) is 12.1 Å². The number of alkyl halides is 3. The summed E-state index contributed by atoms with van der Waals surface area (Å²) in [5, 5.41) is 24.8. The van der Waals surface area contributed by atoms with Gasteiger partial charge in [0.1, 0.15) is 11.6 Å². The number of phenols is 1. The average molecular weight is 543 g/mol. The highest BCUT2D eigenvalue weighted by Gasteiger charge is 2.38. The van der Waals surface area contributed by atoms with Crippen molar-refractivity contribution < 1.29 is 33.0 Å². The van der Waals surface area contributed by atoms with Crippen molar-refractivity contribution in [3.63, 3.8) is 0 Å². The van der Waals surface area contributed by atoms with Crippen LogP contribution in [0.25, 0.3) is 17.2 Å². The summed E-state index contributed by atoms with van der Waals surface area (Å²) in [6.07, 6.45) is 1.99. The van der Waals surface area contributed by atoms with Gasteiger partial charge in [-0.25, -0.2) is 4.79 Å². The standard InChI is InChI=1S/C25H24N4O3.C2HF3O2/c26-24(27)19-8-11-22(30)18(14-19)7-10-21-2-1-13-29(21)25(32)17-5-3-16(4-6-17)20-9-12-23(31)28-15-20;3-2(4,5)1(6)7/h3-12,14-15,21,30H,1-2,13H2,(H3,26,27)(H,28,31);(H,6,7)/t21-;/m1./s1. The van der Waals surface area contributed by atoms with Crippen molar-refractivity contribution in [2.75, 3.05) is 6.54 Å². The predicted molar refractivity (Wildman–Crippen MR) is 138 cm³/mol. The number of hydrogen-bond donors (Lipinski definition) is 5. The highest BCUT2D eigenvalue weighted by molar-refractivity contribution is 5.96. The van der Waals surface area contributed by atoms with Crippen LogP contribution in [0.1, 0.15) is 34.3 Å². The third kappa shape index (κ3) is 7.57. The maximum absolute atomic E-state index is 13.1. The zero-order valence-electron chi connectivity index (χ0n) is 20.4. The maximum Gasteiger partial charge on any atom is 0.490 e. The molecular formula is C27H25F3N4O5. The molecule has 0 bridgehead atoms. The summed E-state index contributed by atoms with van der Waals surface area (Å²) in [6, 6.07) is 15.2. The van der Waals surface area contributed by atoms with E-state index in [2.05, 4.69) is 4.98 Å². The van der Waals surface area contributed by atoms with E-state index in [0.717, 1.165) is 24.0 Å². The number of H-pyrrole nitrogens is 1. The Labute approximate surface area is 220 Å².